The predicted molar refractivity (Wildman–Crippen MR) is 82.5 cm³/mol. The van der Waals surface area contributed by atoms with Crippen molar-refractivity contribution in [3.05, 3.63) is 33.8 Å². The minimum Gasteiger partial charge on any atom is -0.467 e. The Kier molecular flexibility index (Phi) is 5.88. The van der Waals surface area contributed by atoms with Gasteiger partial charge in [-0.25, -0.2) is 4.79 Å². The standard InChI is InChI=1S/C15H19Cl2NO3/c1-21-15(20)14(19)11-4-6-18(7-5-11)9-10-2-3-12(16)13(17)8-10/h2-3,8,11,14,19H,4-7,9H2,1H3. The third kappa shape index (κ3) is 4.33. The van der Waals surface area contributed by atoms with Crippen LogP contribution in [0.5, 0.6) is 0 Å². The summed E-state index contributed by atoms with van der Waals surface area (Å²) in [5.41, 5.74) is 1.11. The van der Waals surface area contributed by atoms with Crippen molar-refractivity contribution in [3.8, 4) is 0 Å². The number of carbonyl (C=O) groups excluding carboxylic acids is 1. The minimum absolute atomic E-state index is 0.0255. The molecular formula is C15H19Cl2NO3. The first-order valence-corrected chi connectivity index (χ1v) is 7.69. The number of piperidine rings is 1. The van der Waals surface area contributed by atoms with Crippen LogP contribution in [-0.2, 0) is 16.1 Å². The summed E-state index contributed by atoms with van der Waals surface area (Å²) in [5, 5.41) is 11.0. The second-order valence-electron chi connectivity index (χ2n) is 5.33. The molecule has 0 bridgehead atoms. The van der Waals surface area contributed by atoms with Gasteiger partial charge in [-0.2, -0.15) is 0 Å². The average Bonchev–Trinajstić information content (AvgIpc) is 2.50. The van der Waals surface area contributed by atoms with Crippen molar-refractivity contribution in [1.29, 1.82) is 0 Å². The highest BCUT2D eigenvalue weighted by Gasteiger charge is 2.30. The van der Waals surface area contributed by atoms with Gasteiger partial charge in [0.2, 0.25) is 0 Å². The summed E-state index contributed by atoms with van der Waals surface area (Å²) in [7, 11) is 1.30. The summed E-state index contributed by atoms with van der Waals surface area (Å²) in [6.07, 6.45) is 0.539. The number of hydrogen-bond donors (Lipinski definition) is 1. The van der Waals surface area contributed by atoms with Gasteiger partial charge < -0.3 is 9.84 Å². The van der Waals surface area contributed by atoms with E-state index in [9.17, 15) is 9.90 Å². The normalized spacial score (nSPS) is 18.5. The van der Waals surface area contributed by atoms with Crippen molar-refractivity contribution in [2.24, 2.45) is 5.92 Å². The molecule has 1 heterocycles. The topological polar surface area (TPSA) is 49.8 Å². The molecule has 1 aliphatic heterocycles. The molecule has 0 saturated carbocycles. The van der Waals surface area contributed by atoms with E-state index in [1.54, 1.807) is 6.07 Å². The molecule has 1 aromatic carbocycles. The molecule has 1 aromatic rings. The van der Waals surface area contributed by atoms with Gasteiger partial charge in [0, 0.05) is 6.54 Å². The Balaban J connectivity index is 1.86. The molecule has 6 heteroatoms. The van der Waals surface area contributed by atoms with Crippen molar-refractivity contribution < 1.29 is 14.6 Å². The zero-order valence-corrected chi connectivity index (χ0v) is 13.4. The summed E-state index contributed by atoms with van der Waals surface area (Å²) in [6.45, 7) is 2.45. The molecular weight excluding hydrogens is 313 g/mol. The van der Waals surface area contributed by atoms with E-state index in [4.69, 9.17) is 23.2 Å². The molecule has 1 atom stereocenters. The molecule has 4 nitrogen and oxygen atoms in total. The van der Waals surface area contributed by atoms with E-state index >= 15 is 0 Å². The van der Waals surface area contributed by atoms with E-state index in [1.165, 1.54) is 7.11 Å². The van der Waals surface area contributed by atoms with Crippen molar-refractivity contribution in [3.63, 3.8) is 0 Å². The third-order valence-corrected chi connectivity index (χ3v) is 4.65. The Morgan fingerprint density at radius 1 is 1.38 bits per heavy atom. The molecule has 1 N–H and O–H groups in total. The molecule has 0 aromatic heterocycles. The number of nitrogens with zero attached hydrogens (tertiary/aromatic N) is 1. The van der Waals surface area contributed by atoms with Gasteiger partial charge in [0.25, 0.3) is 0 Å². The highest BCUT2D eigenvalue weighted by molar-refractivity contribution is 6.42. The van der Waals surface area contributed by atoms with Gasteiger partial charge in [-0.3, -0.25) is 4.90 Å². The van der Waals surface area contributed by atoms with Crippen LogP contribution in [0.2, 0.25) is 10.0 Å². The predicted octanol–water partition coefficient (Wildman–Crippen LogP) is 2.74. The minimum atomic E-state index is -1.01. The van der Waals surface area contributed by atoms with E-state index in [1.807, 2.05) is 12.1 Å². The third-order valence-electron chi connectivity index (χ3n) is 3.91. The molecule has 1 unspecified atom stereocenters. The van der Waals surface area contributed by atoms with E-state index in [2.05, 4.69) is 9.64 Å². The fourth-order valence-electron chi connectivity index (χ4n) is 2.64. The Hall–Kier alpha value is -0.810. The van der Waals surface area contributed by atoms with Crippen LogP contribution in [0.3, 0.4) is 0 Å². The molecule has 116 valence electrons. The largest absolute Gasteiger partial charge is 0.467 e. The van der Waals surface area contributed by atoms with Crippen LogP contribution < -0.4 is 0 Å². The highest BCUT2D eigenvalue weighted by atomic mass is 35.5. The average molecular weight is 332 g/mol. The molecule has 1 aliphatic rings. The quantitative estimate of drug-likeness (QED) is 0.862. The Morgan fingerprint density at radius 2 is 2.05 bits per heavy atom. The summed E-state index contributed by atoms with van der Waals surface area (Å²) in [5.74, 6) is -0.569. The van der Waals surface area contributed by atoms with E-state index in [0.29, 0.717) is 10.0 Å². The number of benzene rings is 1. The van der Waals surface area contributed by atoms with Crippen molar-refractivity contribution >= 4 is 29.2 Å². The SMILES string of the molecule is COC(=O)C(O)C1CCN(Cc2ccc(Cl)c(Cl)c2)CC1. The van der Waals surface area contributed by atoms with Crippen molar-refractivity contribution in [2.75, 3.05) is 20.2 Å². The van der Waals surface area contributed by atoms with Crippen LogP contribution in [-0.4, -0.2) is 42.3 Å². The lowest BCUT2D eigenvalue weighted by Crippen LogP contribution is -2.40. The van der Waals surface area contributed by atoms with E-state index in [-0.39, 0.29) is 5.92 Å². The Morgan fingerprint density at radius 3 is 2.62 bits per heavy atom. The van der Waals surface area contributed by atoms with Gasteiger partial charge in [0.15, 0.2) is 6.10 Å². The number of methoxy groups -OCH3 is 1. The number of rotatable bonds is 4. The number of carbonyl (C=O) groups is 1. The molecule has 0 radical (unpaired) electrons. The number of aliphatic hydroxyl groups is 1. The van der Waals surface area contributed by atoms with Crippen LogP contribution in [0.25, 0.3) is 0 Å². The maximum absolute atomic E-state index is 11.3. The summed E-state index contributed by atoms with van der Waals surface area (Å²) < 4.78 is 4.58. The fourth-order valence-corrected chi connectivity index (χ4v) is 2.96. The maximum atomic E-state index is 11.3. The first-order chi connectivity index (χ1) is 10.0. The first kappa shape index (κ1) is 16.6. The summed E-state index contributed by atoms with van der Waals surface area (Å²) >= 11 is 11.9. The van der Waals surface area contributed by atoms with Crippen molar-refractivity contribution in [1.82, 2.24) is 4.90 Å². The lowest BCUT2D eigenvalue weighted by Gasteiger charge is -2.33. The molecule has 0 amide bonds. The number of aliphatic hydroxyl groups excluding tert-OH is 1. The van der Waals surface area contributed by atoms with Gasteiger partial charge in [0.1, 0.15) is 0 Å². The zero-order chi connectivity index (χ0) is 15.4. The summed E-state index contributed by atoms with van der Waals surface area (Å²) in [4.78, 5) is 13.6. The van der Waals surface area contributed by atoms with E-state index in [0.717, 1.165) is 38.0 Å². The van der Waals surface area contributed by atoms with Gasteiger partial charge >= 0.3 is 5.97 Å². The van der Waals surface area contributed by atoms with Gasteiger partial charge in [-0.1, -0.05) is 29.3 Å². The van der Waals surface area contributed by atoms with Gasteiger partial charge in [-0.05, 0) is 49.5 Å². The fraction of sp³-hybridized carbons (Fsp3) is 0.533. The lowest BCUT2D eigenvalue weighted by atomic mass is 9.91. The van der Waals surface area contributed by atoms with Gasteiger partial charge in [-0.15, -0.1) is 0 Å². The lowest BCUT2D eigenvalue weighted by molar-refractivity contribution is -0.154. The Labute approximate surface area is 134 Å². The number of halogens is 2. The Bertz CT molecular complexity index is 502. The maximum Gasteiger partial charge on any atom is 0.334 e. The number of likely N-dealkylation sites (tertiary alicyclic amines) is 1. The first-order valence-electron chi connectivity index (χ1n) is 6.93. The van der Waals surface area contributed by atoms with Crippen molar-refractivity contribution in [2.45, 2.75) is 25.5 Å². The molecule has 1 saturated heterocycles. The van der Waals surface area contributed by atoms with E-state index < -0.39 is 12.1 Å². The second-order valence-corrected chi connectivity index (χ2v) is 6.14. The van der Waals surface area contributed by atoms with Gasteiger partial charge in [0.05, 0.1) is 17.2 Å². The number of esters is 1. The van der Waals surface area contributed by atoms with Crippen LogP contribution in [0.1, 0.15) is 18.4 Å². The second kappa shape index (κ2) is 7.45. The number of ether oxygens (including phenoxy) is 1. The van der Waals surface area contributed by atoms with Crippen LogP contribution in [0, 0.1) is 5.92 Å². The van der Waals surface area contributed by atoms with Crippen LogP contribution in [0.4, 0.5) is 0 Å². The zero-order valence-electron chi connectivity index (χ0n) is 11.9. The summed E-state index contributed by atoms with van der Waals surface area (Å²) in [6, 6.07) is 5.63. The molecule has 2 rings (SSSR count). The monoisotopic (exact) mass is 331 g/mol. The molecule has 1 fully saturated rings. The molecule has 21 heavy (non-hydrogen) atoms. The number of hydrogen-bond acceptors (Lipinski definition) is 4. The highest BCUT2D eigenvalue weighted by Crippen LogP contribution is 2.26. The van der Waals surface area contributed by atoms with Crippen LogP contribution >= 0.6 is 23.2 Å². The molecule has 0 spiro atoms. The van der Waals surface area contributed by atoms with Crippen LogP contribution in [0.15, 0.2) is 18.2 Å². The molecule has 0 aliphatic carbocycles. The smallest absolute Gasteiger partial charge is 0.334 e.